The van der Waals surface area contributed by atoms with Crippen molar-refractivity contribution in [2.24, 2.45) is 0 Å². The number of imidazole rings is 1. The minimum absolute atomic E-state index is 0.237. The van der Waals surface area contributed by atoms with Crippen LogP contribution < -0.4 is 15.4 Å². The van der Waals surface area contributed by atoms with Crippen molar-refractivity contribution in [3.05, 3.63) is 95.7 Å². The molecule has 0 fully saturated rings. The number of para-hydroxylation sites is 1. The summed E-state index contributed by atoms with van der Waals surface area (Å²) < 4.78 is 7.85. The summed E-state index contributed by atoms with van der Waals surface area (Å²) in [6.07, 6.45) is 6.95. The summed E-state index contributed by atoms with van der Waals surface area (Å²) in [5, 5.41) is 5.55. The molecule has 0 aliphatic rings. The number of ether oxygens (including phenoxy) is 1. The molecule has 162 valence electrons. The Balaban J connectivity index is 1.32. The molecule has 8 nitrogen and oxygen atoms in total. The zero-order valence-electron chi connectivity index (χ0n) is 17.6. The fourth-order valence-corrected chi connectivity index (χ4v) is 3.25. The molecule has 0 atom stereocenters. The van der Waals surface area contributed by atoms with Crippen molar-refractivity contribution in [1.82, 2.24) is 25.0 Å². The molecule has 3 aromatic heterocycles. The summed E-state index contributed by atoms with van der Waals surface area (Å²) in [4.78, 5) is 33.2. The number of amides is 2. The van der Waals surface area contributed by atoms with Crippen molar-refractivity contribution in [2.75, 3.05) is 13.1 Å². The highest BCUT2D eigenvalue weighted by Gasteiger charge is 2.13. The monoisotopic (exact) mass is 429 g/mol. The Morgan fingerprint density at radius 1 is 1.00 bits per heavy atom. The molecular weight excluding hydrogens is 406 g/mol. The van der Waals surface area contributed by atoms with Gasteiger partial charge in [0.15, 0.2) is 0 Å². The summed E-state index contributed by atoms with van der Waals surface area (Å²) in [5.41, 5.74) is 3.62. The van der Waals surface area contributed by atoms with Crippen LogP contribution in [0.3, 0.4) is 0 Å². The van der Waals surface area contributed by atoms with Crippen molar-refractivity contribution in [1.29, 1.82) is 0 Å². The van der Waals surface area contributed by atoms with Gasteiger partial charge in [-0.05, 0) is 42.8 Å². The molecule has 0 unspecified atom stereocenters. The standard InChI is InChI=1S/C24H23N5O3/c1-17-6-5-13-29-15-19(28-22(17)29)16-32-21-9-3-2-8-20(21)24(31)27-12-11-26-23(30)18-7-4-10-25-14-18/h2-10,13-15H,11-12,16H2,1H3,(H,26,30)(H,27,31). The SMILES string of the molecule is Cc1cccn2cc(COc3ccccc3C(=O)NCCNC(=O)c3cccnc3)nc12. The van der Waals surface area contributed by atoms with Crippen molar-refractivity contribution < 1.29 is 14.3 Å². The smallest absolute Gasteiger partial charge is 0.255 e. The van der Waals surface area contributed by atoms with E-state index in [4.69, 9.17) is 4.74 Å². The number of nitrogens with one attached hydrogen (secondary N) is 2. The number of carbonyl (C=O) groups excluding carboxylic acids is 2. The van der Waals surface area contributed by atoms with Crippen molar-refractivity contribution in [3.8, 4) is 5.75 Å². The summed E-state index contributed by atoms with van der Waals surface area (Å²) in [6, 6.07) is 14.4. The Labute approximate surface area is 185 Å². The van der Waals surface area contributed by atoms with Gasteiger partial charge in [0, 0.05) is 37.9 Å². The van der Waals surface area contributed by atoms with Crippen LogP contribution >= 0.6 is 0 Å². The average Bonchev–Trinajstić information content (AvgIpc) is 3.25. The number of carbonyl (C=O) groups is 2. The maximum atomic E-state index is 12.6. The van der Waals surface area contributed by atoms with E-state index in [0.29, 0.717) is 23.4 Å². The van der Waals surface area contributed by atoms with Crippen molar-refractivity contribution in [2.45, 2.75) is 13.5 Å². The van der Waals surface area contributed by atoms with E-state index < -0.39 is 0 Å². The first kappa shape index (κ1) is 21.0. The first-order chi connectivity index (χ1) is 15.6. The van der Waals surface area contributed by atoms with Crippen LogP contribution in [-0.4, -0.2) is 39.3 Å². The molecule has 0 aliphatic heterocycles. The van der Waals surface area contributed by atoms with Crippen molar-refractivity contribution in [3.63, 3.8) is 0 Å². The van der Waals surface area contributed by atoms with Crippen LogP contribution in [0.4, 0.5) is 0 Å². The second-order valence-electron chi connectivity index (χ2n) is 7.19. The molecule has 2 N–H and O–H groups in total. The number of aryl methyl sites for hydroxylation is 1. The van der Waals surface area contributed by atoms with E-state index >= 15 is 0 Å². The maximum Gasteiger partial charge on any atom is 0.255 e. The van der Waals surface area contributed by atoms with E-state index in [-0.39, 0.29) is 25.0 Å². The highest BCUT2D eigenvalue weighted by molar-refractivity contribution is 5.97. The summed E-state index contributed by atoms with van der Waals surface area (Å²) in [7, 11) is 0. The third-order valence-electron chi connectivity index (χ3n) is 4.85. The molecule has 2 amide bonds. The van der Waals surface area contributed by atoms with E-state index in [1.807, 2.05) is 41.9 Å². The largest absolute Gasteiger partial charge is 0.486 e. The van der Waals surface area contributed by atoms with Crippen LogP contribution in [0, 0.1) is 6.92 Å². The van der Waals surface area contributed by atoms with E-state index in [9.17, 15) is 9.59 Å². The van der Waals surface area contributed by atoms with Gasteiger partial charge in [0.05, 0.1) is 16.8 Å². The molecule has 8 heteroatoms. The molecule has 1 aromatic carbocycles. The Morgan fingerprint density at radius 2 is 1.81 bits per heavy atom. The second kappa shape index (κ2) is 9.74. The van der Waals surface area contributed by atoms with Gasteiger partial charge in [-0.1, -0.05) is 18.2 Å². The average molecular weight is 429 g/mol. The van der Waals surface area contributed by atoms with Crippen LogP contribution in [0.15, 0.2) is 73.3 Å². The number of hydrogen-bond acceptors (Lipinski definition) is 5. The number of nitrogens with zero attached hydrogens (tertiary/aromatic N) is 3. The lowest BCUT2D eigenvalue weighted by atomic mass is 10.2. The van der Waals surface area contributed by atoms with Crippen LogP contribution in [0.5, 0.6) is 5.75 Å². The highest BCUT2D eigenvalue weighted by atomic mass is 16.5. The first-order valence-corrected chi connectivity index (χ1v) is 10.2. The van der Waals surface area contributed by atoms with Gasteiger partial charge in [0.1, 0.15) is 18.0 Å². The van der Waals surface area contributed by atoms with Gasteiger partial charge >= 0.3 is 0 Å². The van der Waals surface area contributed by atoms with Gasteiger partial charge in [-0.3, -0.25) is 14.6 Å². The lowest BCUT2D eigenvalue weighted by molar-refractivity contribution is 0.0925. The molecule has 4 aromatic rings. The van der Waals surface area contributed by atoms with Crippen LogP contribution in [0.1, 0.15) is 32.0 Å². The molecule has 32 heavy (non-hydrogen) atoms. The topological polar surface area (TPSA) is 97.6 Å². The minimum Gasteiger partial charge on any atom is -0.486 e. The quantitative estimate of drug-likeness (QED) is 0.420. The third-order valence-corrected chi connectivity index (χ3v) is 4.85. The lowest BCUT2D eigenvalue weighted by Gasteiger charge is -2.11. The van der Waals surface area contributed by atoms with Gasteiger partial charge in [0.25, 0.3) is 11.8 Å². The normalized spacial score (nSPS) is 10.7. The van der Waals surface area contributed by atoms with Crippen molar-refractivity contribution >= 4 is 17.5 Å². The molecular formula is C24H23N5O3. The Kier molecular flexibility index (Phi) is 6.41. The molecule has 0 radical (unpaired) electrons. The zero-order valence-corrected chi connectivity index (χ0v) is 17.6. The Hall–Kier alpha value is -4.20. The fraction of sp³-hybridized carbons (Fsp3) is 0.167. The predicted octanol–water partition coefficient (Wildman–Crippen LogP) is 2.78. The molecule has 0 saturated carbocycles. The third kappa shape index (κ3) is 4.92. The molecule has 4 rings (SSSR count). The highest BCUT2D eigenvalue weighted by Crippen LogP contribution is 2.19. The number of rotatable bonds is 8. The number of hydrogen-bond donors (Lipinski definition) is 2. The first-order valence-electron chi connectivity index (χ1n) is 10.2. The van der Waals surface area contributed by atoms with Gasteiger partial charge < -0.3 is 19.8 Å². The Morgan fingerprint density at radius 3 is 2.59 bits per heavy atom. The van der Waals surface area contributed by atoms with Crippen LogP contribution in [0.2, 0.25) is 0 Å². The molecule has 0 spiro atoms. The second-order valence-corrected chi connectivity index (χ2v) is 7.19. The van der Waals surface area contributed by atoms with Gasteiger partial charge in [-0.2, -0.15) is 0 Å². The van der Waals surface area contributed by atoms with E-state index in [2.05, 4.69) is 20.6 Å². The number of pyridine rings is 2. The molecule has 3 heterocycles. The summed E-state index contributed by atoms with van der Waals surface area (Å²) in [5.74, 6) is -0.0426. The molecule has 0 bridgehead atoms. The predicted molar refractivity (Wildman–Crippen MR) is 120 cm³/mol. The number of benzene rings is 1. The minimum atomic E-state index is -0.276. The maximum absolute atomic E-state index is 12.6. The number of fused-ring (bicyclic) bond motifs is 1. The van der Waals surface area contributed by atoms with E-state index in [0.717, 1.165) is 16.9 Å². The van der Waals surface area contributed by atoms with Gasteiger partial charge in [-0.15, -0.1) is 0 Å². The molecule has 0 saturated heterocycles. The Bertz CT molecular complexity index is 1240. The fourth-order valence-electron chi connectivity index (χ4n) is 3.25. The lowest BCUT2D eigenvalue weighted by Crippen LogP contribution is -2.34. The van der Waals surface area contributed by atoms with Crippen LogP contribution in [-0.2, 0) is 6.61 Å². The summed E-state index contributed by atoms with van der Waals surface area (Å²) >= 11 is 0. The van der Waals surface area contributed by atoms with E-state index in [1.54, 1.807) is 36.5 Å². The van der Waals surface area contributed by atoms with Gasteiger partial charge in [-0.25, -0.2) is 4.98 Å². The van der Waals surface area contributed by atoms with E-state index in [1.165, 1.54) is 6.20 Å². The number of aromatic nitrogens is 3. The van der Waals surface area contributed by atoms with Gasteiger partial charge in [0.2, 0.25) is 0 Å². The zero-order chi connectivity index (χ0) is 22.3. The molecule has 0 aliphatic carbocycles. The van der Waals surface area contributed by atoms with Crippen LogP contribution in [0.25, 0.3) is 5.65 Å². The summed E-state index contributed by atoms with van der Waals surface area (Å²) in [6.45, 7) is 2.83.